The van der Waals surface area contributed by atoms with Crippen LogP contribution in [-0.2, 0) is 0 Å². The number of rotatable bonds is 25. The van der Waals surface area contributed by atoms with E-state index in [1.54, 1.807) is 0 Å². The summed E-state index contributed by atoms with van der Waals surface area (Å²) in [7, 11) is 0. The minimum Gasteiger partial charge on any atom is -0.0885 e. The first-order chi connectivity index (χ1) is 14.4. The van der Waals surface area contributed by atoms with Crippen molar-refractivity contribution in [1.82, 2.24) is 0 Å². The topological polar surface area (TPSA) is 0 Å². The molecule has 174 valence electrons. The molecule has 0 amide bonds. The molecule has 0 saturated carbocycles. The molecule has 0 aliphatic heterocycles. The zero-order valence-corrected chi connectivity index (χ0v) is 20.8. The first kappa shape index (κ1) is 28.7. The summed E-state index contributed by atoms with van der Waals surface area (Å²) in [6.07, 6.45) is 40.9. The van der Waals surface area contributed by atoms with E-state index in [0.29, 0.717) is 0 Å². The van der Waals surface area contributed by atoms with Crippen molar-refractivity contribution in [2.45, 2.75) is 174 Å². The van der Waals surface area contributed by atoms with Gasteiger partial charge >= 0.3 is 0 Å². The molecule has 0 atom stereocenters. The predicted molar refractivity (Wildman–Crippen MR) is 136 cm³/mol. The fraction of sp³-hybridized carbons (Fsp3) is 0.931. The molecular formula is C29H58. The van der Waals surface area contributed by atoms with Gasteiger partial charge in [0.05, 0.1) is 0 Å². The second-order valence-electron chi connectivity index (χ2n) is 9.47. The number of unbranched alkanes of at least 4 members (excludes halogenated alkanes) is 23. The monoisotopic (exact) mass is 406 g/mol. The van der Waals surface area contributed by atoms with Crippen LogP contribution in [0.2, 0.25) is 0 Å². The molecule has 0 aromatic heterocycles. The Hall–Kier alpha value is -0.260. The van der Waals surface area contributed by atoms with Crippen molar-refractivity contribution < 1.29 is 0 Å². The quantitative estimate of drug-likeness (QED) is 0.104. The average molecular weight is 407 g/mol. The largest absolute Gasteiger partial charge is 0.0885 e. The lowest BCUT2D eigenvalue weighted by atomic mass is 10.0. The Bertz CT molecular complexity index is 290. The first-order valence-corrected chi connectivity index (χ1v) is 14.1. The van der Waals surface area contributed by atoms with Gasteiger partial charge in [-0.2, -0.15) is 0 Å². The Morgan fingerprint density at radius 3 is 0.793 bits per heavy atom. The molecule has 0 rings (SSSR count). The highest BCUT2D eigenvalue weighted by Crippen LogP contribution is 2.15. The molecule has 0 aromatic carbocycles. The van der Waals surface area contributed by atoms with Crippen molar-refractivity contribution in [1.29, 1.82) is 0 Å². The van der Waals surface area contributed by atoms with Gasteiger partial charge in [0.25, 0.3) is 0 Å². The van der Waals surface area contributed by atoms with Gasteiger partial charge in [-0.25, -0.2) is 0 Å². The van der Waals surface area contributed by atoms with Gasteiger partial charge in [-0.05, 0) is 25.7 Å². The molecule has 0 saturated heterocycles. The van der Waals surface area contributed by atoms with E-state index in [1.807, 2.05) is 0 Å². The highest BCUT2D eigenvalue weighted by molar-refractivity contribution is 4.81. The van der Waals surface area contributed by atoms with Gasteiger partial charge < -0.3 is 0 Å². The van der Waals surface area contributed by atoms with E-state index in [2.05, 4.69) is 26.0 Å². The molecule has 0 aliphatic rings. The van der Waals surface area contributed by atoms with Crippen LogP contribution < -0.4 is 0 Å². The van der Waals surface area contributed by atoms with Gasteiger partial charge in [0.1, 0.15) is 0 Å². The van der Waals surface area contributed by atoms with Crippen molar-refractivity contribution in [3.8, 4) is 0 Å². The maximum Gasteiger partial charge on any atom is -0.0351 e. The Labute approximate surface area is 186 Å². The number of hydrogen-bond donors (Lipinski definition) is 0. The van der Waals surface area contributed by atoms with Crippen LogP contribution in [0.3, 0.4) is 0 Å². The summed E-state index contributed by atoms with van der Waals surface area (Å²) in [5, 5.41) is 0. The molecule has 0 unspecified atom stereocenters. The third-order valence-electron chi connectivity index (χ3n) is 6.37. The van der Waals surface area contributed by atoms with Crippen LogP contribution in [0.5, 0.6) is 0 Å². The van der Waals surface area contributed by atoms with E-state index in [9.17, 15) is 0 Å². The third-order valence-corrected chi connectivity index (χ3v) is 6.37. The molecule has 0 aromatic rings. The fourth-order valence-electron chi connectivity index (χ4n) is 4.27. The van der Waals surface area contributed by atoms with Gasteiger partial charge in [-0.3, -0.25) is 0 Å². The minimum absolute atomic E-state index is 1.30. The molecular weight excluding hydrogens is 348 g/mol. The molecule has 0 nitrogen and oxygen atoms in total. The van der Waals surface area contributed by atoms with Crippen LogP contribution in [0, 0.1) is 0 Å². The van der Waals surface area contributed by atoms with E-state index in [4.69, 9.17) is 0 Å². The summed E-state index contributed by atoms with van der Waals surface area (Å²) in [6.45, 7) is 4.58. The smallest absolute Gasteiger partial charge is 0.0351 e. The molecule has 0 heterocycles. The molecule has 0 heteroatoms. The summed E-state index contributed by atoms with van der Waals surface area (Å²) in [4.78, 5) is 0. The van der Waals surface area contributed by atoms with Gasteiger partial charge in [-0.15, -0.1) is 0 Å². The lowest BCUT2D eigenvalue weighted by Crippen LogP contribution is -1.84. The van der Waals surface area contributed by atoms with Gasteiger partial charge in [-0.1, -0.05) is 161 Å². The van der Waals surface area contributed by atoms with Crippen LogP contribution in [0.4, 0.5) is 0 Å². The second kappa shape index (κ2) is 27.7. The normalized spacial score (nSPS) is 11.7. The number of allylic oxidation sites excluding steroid dienone is 2. The lowest BCUT2D eigenvalue weighted by molar-refractivity contribution is 0.522. The molecule has 0 aliphatic carbocycles. The van der Waals surface area contributed by atoms with E-state index >= 15 is 0 Å². The molecule has 0 radical (unpaired) electrons. The standard InChI is InChI=1S/C29H58/c1-3-5-7-9-11-13-15-17-19-21-23-25-27-29-28-26-24-22-20-18-16-14-12-10-8-6-4-2/h11,13H,3-10,12,14-29H2,1-2H3. The Balaban J connectivity index is 3.01. The van der Waals surface area contributed by atoms with Gasteiger partial charge in [0, 0.05) is 0 Å². The van der Waals surface area contributed by atoms with Crippen LogP contribution in [-0.4, -0.2) is 0 Å². The molecule has 0 bridgehead atoms. The maximum atomic E-state index is 2.42. The van der Waals surface area contributed by atoms with Crippen LogP contribution in [0.1, 0.15) is 174 Å². The van der Waals surface area contributed by atoms with Gasteiger partial charge in [0.15, 0.2) is 0 Å². The average Bonchev–Trinajstić information content (AvgIpc) is 2.74. The highest BCUT2D eigenvalue weighted by Gasteiger charge is 1.95. The van der Waals surface area contributed by atoms with Crippen molar-refractivity contribution in [3.05, 3.63) is 12.2 Å². The number of hydrogen-bond acceptors (Lipinski definition) is 0. The van der Waals surface area contributed by atoms with E-state index < -0.39 is 0 Å². The van der Waals surface area contributed by atoms with Crippen LogP contribution in [0.25, 0.3) is 0 Å². The Morgan fingerprint density at radius 2 is 0.483 bits per heavy atom. The van der Waals surface area contributed by atoms with Crippen molar-refractivity contribution in [2.24, 2.45) is 0 Å². The van der Waals surface area contributed by atoms with Crippen LogP contribution >= 0.6 is 0 Å². The predicted octanol–water partition coefficient (Wildman–Crippen LogP) is 11.3. The van der Waals surface area contributed by atoms with Crippen molar-refractivity contribution >= 4 is 0 Å². The zero-order chi connectivity index (χ0) is 21.1. The van der Waals surface area contributed by atoms with Crippen LogP contribution in [0.15, 0.2) is 12.2 Å². The Morgan fingerprint density at radius 1 is 0.276 bits per heavy atom. The van der Waals surface area contributed by atoms with Gasteiger partial charge in [0.2, 0.25) is 0 Å². The highest BCUT2D eigenvalue weighted by atomic mass is 14.0. The second-order valence-corrected chi connectivity index (χ2v) is 9.47. The molecule has 0 spiro atoms. The first-order valence-electron chi connectivity index (χ1n) is 14.1. The van der Waals surface area contributed by atoms with E-state index in [-0.39, 0.29) is 0 Å². The van der Waals surface area contributed by atoms with Crippen molar-refractivity contribution in [2.75, 3.05) is 0 Å². The zero-order valence-electron chi connectivity index (χ0n) is 20.8. The SMILES string of the molecule is CCCCCC=CCCCCCCCCCCCCCCCCCCCCCC. The molecule has 0 fully saturated rings. The lowest BCUT2D eigenvalue weighted by Gasteiger charge is -2.04. The summed E-state index contributed by atoms with van der Waals surface area (Å²) < 4.78 is 0. The summed E-state index contributed by atoms with van der Waals surface area (Å²) in [5.74, 6) is 0. The van der Waals surface area contributed by atoms with Crippen molar-refractivity contribution in [3.63, 3.8) is 0 Å². The summed E-state index contributed by atoms with van der Waals surface area (Å²) in [6, 6.07) is 0. The summed E-state index contributed by atoms with van der Waals surface area (Å²) >= 11 is 0. The maximum absolute atomic E-state index is 2.42. The third kappa shape index (κ3) is 27.7. The fourth-order valence-corrected chi connectivity index (χ4v) is 4.27. The van der Waals surface area contributed by atoms with E-state index in [0.717, 1.165) is 0 Å². The Kier molecular flexibility index (Phi) is 27.5. The molecule has 0 N–H and O–H groups in total. The molecule has 29 heavy (non-hydrogen) atoms. The summed E-state index contributed by atoms with van der Waals surface area (Å²) in [5.41, 5.74) is 0. The minimum atomic E-state index is 1.30. The van der Waals surface area contributed by atoms with E-state index in [1.165, 1.54) is 161 Å².